The van der Waals surface area contributed by atoms with Crippen LogP contribution in [0.4, 0.5) is 5.69 Å². The topological polar surface area (TPSA) is 126 Å². The first-order chi connectivity index (χ1) is 19.4. The number of benzene rings is 3. The Hall–Kier alpha value is -4.61. The van der Waals surface area contributed by atoms with E-state index in [1.165, 1.54) is 18.4 Å². The molecule has 3 amide bonds. The number of carbonyl (C=O) groups excluding carboxylic acids is 4. The van der Waals surface area contributed by atoms with E-state index in [9.17, 15) is 19.2 Å². The Morgan fingerprint density at radius 3 is 2.42 bits per heavy atom. The highest BCUT2D eigenvalue weighted by molar-refractivity contribution is 9.10. The molecule has 3 aromatic carbocycles. The number of nitrogens with zero attached hydrogens (tertiary/aromatic N) is 2. The molecule has 4 rings (SSSR count). The molecule has 0 bridgehead atoms. The van der Waals surface area contributed by atoms with Crippen molar-refractivity contribution >= 4 is 57.6 Å². The third-order valence-corrected chi connectivity index (χ3v) is 6.17. The van der Waals surface area contributed by atoms with Crippen LogP contribution in [0.15, 0.2) is 88.4 Å². The zero-order valence-corrected chi connectivity index (χ0v) is 22.8. The zero-order valence-electron chi connectivity index (χ0n) is 21.2. The molecular weight excluding hydrogens is 580 g/mol. The van der Waals surface area contributed by atoms with Gasteiger partial charge in [0, 0.05) is 29.2 Å². The lowest BCUT2D eigenvalue weighted by Gasteiger charge is -2.27. The van der Waals surface area contributed by atoms with Crippen LogP contribution >= 0.6 is 15.9 Å². The molecule has 0 atom stereocenters. The van der Waals surface area contributed by atoms with Crippen LogP contribution in [-0.2, 0) is 19.1 Å². The molecule has 11 heteroatoms. The van der Waals surface area contributed by atoms with Gasteiger partial charge in [-0.05, 0) is 42.0 Å². The van der Waals surface area contributed by atoms with Gasteiger partial charge in [0.15, 0.2) is 0 Å². The smallest absolute Gasteiger partial charge is 0.336 e. The van der Waals surface area contributed by atoms with Crippen LogP contribution in [-0.4, -0.2) is 61.1 Å². The number of anilines is 1. The van der Waals surface area contributed by atoms with Crippen molar-refractivity contribution in [2.75, 3.05) is 31.6 Å². The molecule has 3 aromatic rings. The number of hydrogen-bond donors (Lipinski definition) is 2. The number of morpholine rings is 1. The summed E-state index contributed by atoms with van der Waals surface area (Å²) in [6.45, 7) is 1.74. The minimum absolute atomic E-state index is 0.198. The monoisotopic (exact) mass is 604 g/mol. The third-order valence-electron chi connectivity index (χ3n) is 5.67. The summed E-state index contributed by atoms with van der Waals surface area (Å²) >= 11 is 3.35. The van der Waals surface area contributed by atoms with Crippen LogP contribution < -0.4 is 15.5 Å². The molecule has 40 heavy (non-hydrogen) atoms. The minimum atomic E-state index is -1.05. The Morgan fingerprint density at radius 1 is 0.925 bits per heavy atom. The van der Waals surface area contributed by atoms with Gasteiger partial charge in [0.05, 0.1) is 30.7 Å². The Kier molecular flexibility index (Phi) is 9.92. The Morgan fingerprint density at radius 2 is 1.65 bits per heavy atom. The predicted molar refractivity (Wildman–Crippen MR) is 153 cm³/mol. The van der Waals surface area contributed by atoms with Gasteiger partial charge >= 0.3 is 17.8 Å². The molecule has 0 saturated carbocycles. The van der Waals surface area contributed by atoms with E-state index < -0.39 is 17.8 Å². The van der Waals surface area contributed by atoms with Crippen LogP contribution in [0.1, 0.15) is 21.5 Å². The van der Waals surface area contributed by atoms with Gasteiger partial charge in [-0.3, -0.25) is 14.4 Å². The lowest BCUT2D eigenvalue weighted by Crippen LogP contribution is -2.41. The number of halogens is 1. The molecular formula is C29H25BrN4O6. The lowest BCUT2D eigenvalue weighted by atomic mass is 10.1. The molecule has 1 heterocycles. The summed E-state index contributed by atoms with van der Waals surface area (Å²) in [6.07, 6.45) is 4.17. The van der Waals surface area contributed by atoms with Crippen LogP contribution in [0.3, 0.4) is 0 Å². The number of carbonyl (C=O) groups is 4. The van der Waals surface area contributed by atoms with Crippen LogP contribution in [0.25, 0.3) is 6.08 Å². The summed E-state index contributed by atoms with van der Waals surface area (Å²) in [5, 5.41) is 6.30. The van der Waals surface area contributed by atoms with Gasteiger partial charge in [-0.25, -0.2) is 10.2 Å². The highest BCUT2D eigenvalue weighted by Crippen LogP contribution is 2.22. The fraction of sp³-hybridized carbons (Fsp3) is 0.138. The largest absolute Gasteiger partial charge is 0.423 e. The number of amides is 3. The van der Waals surface area contributed by atoms with E-state index in [1.807, 2.05) is 30.3 Å². The van der Waals surface area contributed by atoms with E-state index in [0.717, 1.165) is 5.56 Å². The molecule has 1 aliphatic heterocycles. The number of esters is 1. The maximum atomic E-state index is 12.9. The molecule has 0 spiro atoms. The lowest BCUT2D eigenvalue weighted by molar-refractivity contribution is -0.136. The summed E-state index contributed by atoms with van der Waals surface area (Å²) in [5.74, 6) is -2.73. The van der Waals surface area contributed by atoms with Crippen molar-refractivity contribution in [3.63, 3.8) is 0 Å². The van der Waals surface area contributed by atoms with Crippen LogP contribution in [0, 0.1) is 0 Å². The predicted octanol–water partition coefficient (Wildman–Crippen LogP) is 3.63. The van der Waals surface area contributed by atoms with Gasteiger partial charge in [-0.1, -0.05) is 58.4 Å². The van der Waals surface area contributed by atoms with Gasteiger partial charge in [-0.2, -0.15) is 5.10 Å². The average molecular weight is 605 g/mol. The zero-order chi connectivity index (χ0) is 28.3. The van der Waals surface area contributed by atoms with Crippen molar-refractivity contribution in [2.45, 2.75) is 0 Å². The van der Waals surface area contributed by atoms with Gasteiger partial charge < -0.3 is 19.7 Å². The standard InChI is InChI=1S/C29H25BrN4O6/c30-22-11-12-25(40-26(35)13-10-20-6-2-1-3-7-20)21(18-22)19-31-33-28(37)27(36)32-24-9-5-4-8-23(24)29(38)34-14-16-39-17-15-34/h1-13,18-19H,14-17H2,(H,32,36)(H,33,37)/b13-10+,31-19-. The minimum Gasteiger partial charge on any atom is -0.423 e. The maximum Gasteiger partial charge on any atom is 0.336 e. The van der Waals surface area contributed by atoms with Gasteiger partial charge in [0.1, 0.15) is 5.75 Å². The van der Waals surface area contributed by atoms with Crippen LogP contribution in [0.5, 0.6) is 5.75 Å². The number of ether oxygens (including phenoxy) is 2. The molecule has 1 aliphatic rings. The first kappa shape index (κ1) is 28.4. The molecule has 0 unspecified atom stereocenters. The maximum absolute atomic E-state index is 12.9. The number of rotatable bonds is 7. The summed E-state index contributed by atoms with van der Waals surface area (Å²) in [7, 11) is 0. The molecule has 10 nitrogen and oxygen atoms in total. The summed E-state index contributed by atoms with van der Waals surface area (Å²) in [4.78, 5) is 51.8. The van der Waals surface area contributed by atoms with Crippen molar-refractivity contribution in [1.29, 1.82) is 0 Å². The molecule has 2 N–H and O–H groups in total. The number of nitrogens with one attached hydrogen (secondary N) is 2. The highest BCUT2D eigenvalue weighted by atomic mass is 79.9. The Balaban J connectivity index is 1.37. The van der Waals surface area contributed by atoms with E-state index >= 15 is 0 Å². The van der Waals surface area contributed by atoms with E-state index in [2.05, 4.69) is 31.8 Å². The van der Waals surface area contributed by atoms with Crippen molar-refractivity contribution in [3.05, 3.63) is 100 Å². The molecule has 0 radical (unpaired) electrons. The first-order valence-electron chi connectivity index (χ1n) is 12.3. The van der Waals surface area contributed by atoms with Crippen molar-refractivity contribution in [1.82, 2.24) is 10.3 Å². The average Bonchev–Trinajstić information content (AvgIpc) is 2.98. The summed E-state index contributed by atoms with van der Waals surface area (Å²) in [5.41, 5.74) is 3.82. The molecule has 1 saturated heterocycles. The number of hydrazone groups is 1. The number of hydrogen-bond acceptors (Lipinski definition) is 7. The third kappa shape index (κ3) is 7.95. The summed E-state index contributed by atoms with van der Waals surface area (Å²) in [6, 6.07) is 20.6. The summed E-state index contributed by atoms with van der Waals surface area (Å²) < 4.78 is 11.4. The van der Waals surface area contributed by atoms with Crippen molar-refractivity contribution in [3.8, 4) is 5.75 Å². The fourth-order valence-corrected chi connectivity index (χ4v) is 4.07. The molecule has 204 valence electrons. The van der Waals surface area contributed by atoms with E-state index in [0.29, 0.717) is 36.3 Å². The van der Waals surface area contributed by atoms with Gasteiger partial charge in [0.25, 0.3) is 5.91 Å². The molecule has 0 aromatic heterocycles. The Labute approximate surface area is 238 Å². The number of para-hydroxylation sites is 1. The van der Waals surface area contributed by atoms with Gasteiger partial charge in [0.2, 0.25) is 0 Å². The first-order valence-corrected chi connectivity index (χ1v) is 13.0. The second kappa shape index (κ2) is 14.0. The van der Waals surface area contributed by atoms with Crippen molar-refractivity contribution < 1.29 is 28.7 Å². The van der Waals surface area contributed by atoms with E-state index in [-0.39, 0.29) is 22.9 Å². The van der Waals surface area contributed by atoms with E-state index in [1.54, 1.807) is 47.4 Å². The molecule has 0 aliphatic carbocycles. The second-order valence-corrected chi connectivity index (χ2v) is 9.37. The highest BCUT2D eigenvalue weighted by Gasteiger charge is 2.23. The Bertz CT molecular complexity index is 1450. The molecule has 1 fully saturated rings. The van der Waals surface area contributed by atoms with Crippen LogP contribution in [0.2, 0.25) is 0 Å². The fourth-order valence-electron chi connectivity index (χ4n) is 3.69. The normalized spacial score (nSPS) is 13.3. The second-order valence-electron chi connectivity index (χ2n) is 8.45. The van der Waals surface area contributed by atoms with Crippen molar-refractivity contribution in [2.24, 2.45) is 5.10 Å². The quantitative estimate of drug-likeness (QED) is 0.106. The van der Waals surface area contributed by atoms with E-state index in [4.69, 9.17) is 9.47 Å². The van der Waals surface area contributed by atoms with Gasteiger partial charge in [-0.15, -0.1) is 0 Å². The SMILES string of the molecule is O=C(/C=C/c1ccccc1)Oc1ccc(Br)cc1/C=N\NC(=O)C(=O)Nc1ccccc1C(=O)N1CCOCC1.